The molecule has 0 atom stereocenters. The fraction of sp³-hybridized carbons (Fsp3) is 0.833. The molecule has 0 amide bonds. The molecule has 2 aliphatic rings. The molecule has 0 radical (unpaired) electrons. The number of unbranched alkanes of at least 4 members (excludes halogenated alkanes) is 1. The summed E-state index contributed by atoms with van der Waals surface area (Å²) in [5, 5.41) is 16.3. The molecule has 0 aromatic rings. The molecule has 2 saturated carbocycles. The maximum absolute atomic E-state index is 11.1. The topological polar surface area (TPSA) is 179 Å². The van der Waals surface area contributed by atoms with Crippen LogP contribution in [0.5, 0.6) is 0 Å². The number of hydrogen-bond donors (Lipinski definition) is 4. The van der Waals surface area contributed by atoms with Gasteiger partial charge in [-0.1, -0.05) is 0 Å². The lowest BCUT2D eigenvalue weighted by Gasteiger charge is -2.25. The van der Waals surface area contributed by atoms with Gasteiger partial charge in [0.1, 0.15) is 0 Å². The van der Waals surface area contributed by atoms with Gasteiger partial charge in [-0.3, -0.25) is 19.2 Å². The molecule has 34 heavy (non-hydrogen) atoms. The first-order chi connectivity index (χ1) is 16.2. The van der Waals surface area contributed by atoms with Crippen LogP contribution >= 0.6 is 0 Å². The highest BCUT2D eigenvalue weighted by molar-refractivity contribution is 5.72. The van der Waals surface area contributed by atoms with Gasteiger partial charge >= 0.3 is 23.9 Å². The van der Waals surface area contributed by atoms with Crippen LogP contribution in [0.4, 0.5) is 0 Å². The Hall–Kier alpha value is -2.20. The number of carbonyl (C=O) groups excluding carboxylic acids is 2. The van der Waals surface area contributed by atoms with Crippen LogP contribution in [-0.2, 0) is 28.7 Å². The van der Waals surface area contributed by atoms with Gasteiger partial charge in [-0.15, -0.1) is 0 Å². The number of ether oxygens (including phenoxy) is 2. The van der Waals surface area contributed by atoms with Gasteiger partial charge in [0.15, 0.2) is 0 Å². The number of hydrogen-bond acceptors (Lipinski definition) is 8. The molecule has 10 heteroatoms. The smallest absolute Gasteiger partial charge is 0.308 e. The Morgan fingerprint density at radius 1 is 0.647 bits per heavy atom. The van der Waals surface area contributed by atoms with Crippen molar-refractivity contribution in [1.29, 1.82) is 0 Å². The molecule has 2 fully saturated rings. The number of esters is 2. The zero-order valence-corrected chi connectivity index (χ0v) is 20.7. The molecule has 0 spiro atoms. The number of aliphatic carboxylic acids is 2. The van der Waals surface area contributed by atoms with E-state index in [-0.39, 0.29) is 36.6 Å². The van der Waals surface area contributed by atoms with Crippen molar-refractivity contribution >= 4 is 23.9 Å². The highest BCUT2D eigenvalue weighted by Crippen LogP contribution is 2.29. The van der Waals surface area contributed by atoms with Crippen molar-refractivity contribution in [2.24, 2.45) is 35.1 Å². The van der Waals surface area contributed by atoms with Crippen LogP contribution in [0.2, 0.25) is 0 Å². The molecule has 0 unspecified atom stereocenters. The summed E-state index contributed by atoms with van der Waals surface area (Å²) in [5.74, 6) is -0.306. The minimum absolute atomic E-state index is 0.0505. The quantitative estimate of drug-likeness (QED) is 0.278. The number of rotatable bonds is 9. The Morgan fingerprint density at radius 3 is 1.15 bits per heavy atom. The lowest BCUT2D eigenvalue weighted by molar-refractivity contribution is -0.147. The van der Waals surface area contributed by atoms with Gasteiger partial charge < -0.3 is 31.2 Å². The summed E-state index contributed by atoms with van der Waals surface area (Å²) in [7, 11) is 2.91. The van der Waals surface area contributed by atoms with E-state index in [4.69, 9.17) is 21.7 Å². The van der Waals surface area contributed by atoms with E-state index in [1.165, 1.54) is 14.2 Å². The summed E-state index contributed by atoms with van der Waals surface area (Å²) in [4.78, 5) is 42.0. The molecule has 0 aromatic heterocycles. The first-order valence-electron chi connectivity index (χ1n) is 12.2. The van der Waals surface area contributed by atoms with Crippen LogP contribution in [-0.4, -0.2) is 61.4 Å². The van der Waals surface area contributed by atoms with Crippen LogP contribution in [0, 0.1) is 23.7 Å². The Kier molecular flexibility index (Phi) is 17.9. The highest BCUT2D eigenvalue weighted by Gasteiger charge is 2.26. The lowest BCUT2D eigenvalue weighted by Crippen LogP contribution is -2.26. The summed E-state index contributed by atoms with van der Waals surface area (Å²) in [6.45, 7) is 1.52. The fourth-order valence-corrected chi connectivity index (χ4v) is 4.15. The third kappa shape index (κ3) is 14.8. The van der Waals surface area contributed by atoms with E-state index in [2.05, 4.69) is 9.47 Å². The van der Waals surface area contributed by atoms with Gasteiger partial charge in [-0.05, 0) is 89.1 Å². The van der Waals surface area contributed by atoms with E-state index in [1.54, 1.807) is 0 Å². The zero-order valence-electron chi connectivity index (χ0n) is 20.7. The number of nitrogens with two attached hydrogens (primary N) is 2. The van der Waals surface area contributed by atoms with Crippen LogP contribution in [0.3, 0.4) is 0 Å². The van der Waals surface area contributed by atoms with Crippen LogP contribution in [0.15, 0.2) is 0 Å². The van der Waals surface area contributed by atoms with Gasteiger partial charge in [-0.25, -0.2) is 0 Å². The van der Waals surface area contributed by atoms with Gasteiger partial charge in [0.25, 0.3) is 0 Å². The van der Waals surface area contributed by atoms with Crippen molar-refractivity contribution in [3.63, 3.8) is 0 Å². The highest BCUT2D eigenvalue weighted by atomic mass is 16.5. The summed E-state index contributed by atoms with van der Waals surface area (Å²) >= 11 is 0. The van der Waals surface area contributed by atoms with E-state index in [9.17, 15) is 19.2 Å². The summed E-state index contributed by atoms with van der Waals surface area (Å²) in [6, 6.07) is 0. The van der Waals surface area contributed by atoms with Crippen LogP contribution in [0.1, 0.15) is 77.0 Å². The predicted molar refractivity (Wildman–Crippen MR) is 127 cm³/mol. The second-order valence-electron chi connectivity index (χ2n) is 8.95. The van der Waals surface area contributed by atoms with E-state index in [1.807, 2.05) is 0 Å². The monoisotopic (exact) mass is 488 g/mol. The number of carboxylic acid groups (broad SMARTS) is 2. The molecule has 0 aliphatic heterocycles. The van der Waals surface area contributed by atoms with Crippen molar-refractivity contribution in [2.75, 3.05) is 27.3 Å². The summed E-state index contributed by atoms with van der Waals surface area (Å²) < 4.78 is 9.38. The second-order valence-corrected chi connectivity index (χ2v) is 8.95. The Bertz CT molecular complexity index is 546. The Balaban J connectivity index is 0.000000484. The molecule has 0 bridgehead atoms. The number of methoxy groups -OCH3 is 2. The average Bonchev–Trinajstić information content (AvgIpc) is 2.86. The van der Waals surface area contributed by atoms with E-state index in [0.29, 0.717) is 24.7 Å². The van der Waals surface area contributed by atoms with Gasteiger partial charge in [0.05, 0.1) is 26.1 Å². The van der Waals surface area contributed by atoms with Gasteiger partial charge in [0.2, 0.25) is 0 Å². The van der Waals surface area contributed by atoms with Crippen LogP contribution in [0.25, 0.3) is 0 Å². The predicted octanol–water partition coefficient (Wildman–Crippen LogP) is 2.57. The van der Waals surface area contributed by atoms with E-state index < -0.39 is 11.9 Å². The molecule has 198 valence electrons. The molecule has 2 rings (SSSR count). The minimum Gasteiger partial charge on any atom is -0.481 e. The molecule has 0 saturated heterocycles. The van der Waals surface area contributed by atoms with E-state index in [0.717, 1.165) is 64.5 Å². The third-order valence-corrected chi connectivity index (χ3v) is 6.46. The number of carboxylic acids is 2. The maximum atomic E-state index is 11.1. The first-order valence-corrected chi connectivity index (χ1v) is 12.2. The van der Waals surface area contributed by atoms with Crippen molar-refractivity contribution in [1.82, 2.24) is 0 Å². The SMILES string of the molecule is COC(=O)C1CCC(CN)CC1.COC(=O)C1CCC(CN)CC1.O=C(O)CCCCC(=O)O. The maximum Gasteiger partial charge on any atom is 0.308 e. The molecule has 2 aliphatic carbocycles. The van der Waals surface area contributed by atoms with E-state index >= 15 is 0 Å². The lowest BCUT2D eigenvalue weighted by atomic mass is 9.82. The summed E-state index contributed by atoms with van der Waals surface area (Å²) in [6.07, 6.45) is 9.15. The Labute approximate surface area is 202 Å². The minimum atomic E-state index is -0.870. The second kappa shape index (κ2) is 19.1. The average molecular weight is 489 g/mol. The van der Waals surface area contributed by atoms with Gasteiger partial charge in [0, 0.05) is 12.8 Å². The first kappa shape index (κ1) is 31.8. The molecular weight excluding hydrogens is 444 g/mol. The largest absolute Gasteiger partial charge is 0.481 e. The van der Waals surface area contributed by atoms with Crippen molar-refractivity contribution in [2.45, 2.75) is 77.0 Å². The normalized spacial score (nSPS) is 23.8. The molecule has 0 aromatic carbocycles. The van der Waals surface area contributed by atoms with Crippen molar-refractivity contribution < 1.29 is 38.9 Å². The van der Waals surface area contributed by atoms with Crippen molar-refractivity contribution in [3.05, 3.63) is 0 Å². The Morgan fingerprint density at radius 2 is 0.941 bits per heavy atom. The third-order valence-electron chi connectivity index (χ3n) is 6.46. The van der Waals surface area contributed by atoms with Gasteiger partial charge in [-0.2, -0.15) is 0 Å². The molecular formula is C24H44N2O8. The fourth-order valence-electron chi connectivity index (χ4n) is 4.15. The summed E-state index contributed by atoms with van der Waals surface area (Å²) in [5.41, 5.74) is 11.1. The molecule has 6 N–H and O–H groups in total. The van der Waals surface area contributed by atoms with Crippen molar-refractivity contribution in [3.8, 4) is 0 Å². The van der Waals surface area contributed by atoms with Crippen LogP contribution < -0.4 is 11.5 Å². The molecule has 10 nitrogen and oxygen atoms in total. The zero-order chi connectivity index (χ0) is 25.9. The number of carbonyl (C=O) groups is 4. The molecule has 0 heterocycles. The standard InChI is InChI=1S/2C9H17NO2.C6H10O4/c2*1-12-9(11)8-4-2-7(6-10)3-5-8;7-5(8)3-1-2-4-6(9)10/h2*7-8H,2-6,10H2,1H3;1-4H2,(H,7,8)(H,9,10).